The summed E-state index contributed by atoms with van der Waals surface area (Å²) in [6.07, 6.45) is 3.07. The van der Waals surface area contributed by atoms with E-state index in [1.165, 1.54) is 6.33 Å². The number of urea groups is 1. The first kappa shape index (κ1) is 9.96. The van der Waals surface area contributed by atoms with Gasteiger partial charge >= 0.3 is 24.9 Å². The van der Waals surface area contributed by atoms with E-state index >= 15 is 0 Å². The van der Waals surface area contributed by atoms with Crippen LogP contribution < -0.4 is 29.6 Å². The van der Waals surface area contributed by atoms with Crippen LogP contribution in [-0.2, 0) is 0 Å². The van der Waals surface area contributed by atoms with Gasteiger partial charge in [-0.3, -0.25) is 15.0 Å². The second-order valence-electron chi connectivity index (χ2n) is 2.82. The predicted octanol–water partition coefficient (Wildman–Crippen LogP) is -3.19. The maximum Gasteiger partial charge on any atom is 1.00 e. The summed E-state index contributed by atoms with van der Waals surface area (Å²) in [6, 6.07) is 4.06. The Morgan fingerprint density at radius 2 is 2.13 bits per heavy atom. The van der Waals surface area contributed by atoms with Crippen LogP contribution in [0.15, 0.2) is 28.6 Å². The molecule has 2 amide bonds. The van der Waals surface area contributed by atoms with E-state index < -0.39 is 6.03 Å². The minimum absolute atomic E-state index is 0. The van der Waals surface area contributed by atoms with Crippen LogP contribution in [0.3, 0.4) is 0 Å². The van der Waals surface area contributed by atoms with Crippen molar-refractivity contribution in [2.24, 2.45) is 9.98 Å². The largest absolute Gasteiger partial charge is 1.00 e. The molecule has 1 aromatic heterocycles. The summed E-state index contributed by atoms with van der Waals surface area (Å²) in [5.41, 5.74) is 0.642. The van der Waals surface area contributed by atoms with Crippen LogP contribution in [0, 0.1) is 6.07 Å². The number of fused-ring (bicyclic) bond motifs is 3. The van der Waals surface area contributed by atoms with Gasteiger partial charge in [-0.2, -0.15) is 12.1 Å². The molecule has 0 saturated carbocycles. The van der Waals surface area contributed by atoms with E-state index in [9.17, 15) is 4.79 Å². The van der Waals surface area contributed by atoms with Gasteiger partial charge in [0, 0.05) is 5.36 Å². The number of hydrogen-bond donors (Lipinski definition) is 0. The van der Waals surface area contributed by atoms with Gasteiger partial charge < -0.3 is 0 Å². The molecule has 66 valence electrons. The van der Waals surface area contributed by atoms with E-state index in [4.69, 9.17) is 0 Å². The molecular weight excluding hydrogens is 187 g/mol. The fourth-order valence-corrected chi connectivity index (χ4v) is 1.38. The zero-order valence-corrected chi connectivity index (χ0v) is 7.93. The third kappa shape index (κ3) is 1.46. The van der Waals surface area contributed by atoms with Crippen LogP contribution in [0.2, 0.25) is 0 Å². The molecule has 1 aliphatic rings. The Bertz CT molecular complexity index is 667. The van der Waals surface area contributed by atoms with Crippen LogP contribution in [-0.4, -0.2) is 16.0 Å². The molecule has 0 N–H and O–H groups in total. The summed E-state index contributed by atoms with van der Waals surface area (Å²) in [6.45, 7) is 0. The molecule has 2 heterocycles. The van der Waals surface area contributed by atoms with Gasteiger partial charge in [0.15, 0.2) is 0 Å². The Labute approximate surface area is 96.2 Å². The fraction of sp³-hybridized carbons (Fsp3) is 0. The second-order valence-corrected chi connectivity index (χ2v) is 2.82. The van der Waals surface area contributed by atoms with Crippen LogP contribution in [0.25, 0.3) is 10.9 Å². The number of benzene rings is 1. The number of amides is 2. The van der Waals surface area contributed by atoms with Gasteiger partial charge in [0.25, 0.3) is 0 Å². The van der Waals surface area contributed by atoms with Crippen molar-refractivity contribution in [3.8, 4) is 0 Å². The van der Waals surface area contributed by atoms with Gasteiger partial charge in [0.1, 0.15) is 6.33 Å². The van der Waals surface area contributed by atoms with E-state index in [0.29, 0.717) is 16.2 Å². The first-order valence-electron chi connectivity index (χ1n) is 3.96. The minimum Gasteiger partial charge on any atom is -0.260 e. The van der Waals surface area contributed by atoms with Crippen molar-refractivity contribution in [1.82, 2.24) is 9.97 Å². The van der Waals surface area contributed by atoms with Crippen molar-refractivity contribution in [2.75, 3.05) is 0 Å². The quantitative estimate of drug-likeness (QED) is 0.324. The Balaban J connectivity index is 0.000000853. The predicted molar refractivity (Wildman–Crippen MR) is 46.1 cm³/mol. The molecule has 3 rings (SSSR count). The van der Waals surface area contributed by atoms with E-state index in [2.05, 4.69) is 26.0 Å². The molecule has 5 nitrogen and oxygen atoms in total. The molecule has 1 aliphatic heterocycles. The van der Waals surface area contributed by atoms with Gasteiger partial charge in [-0.15, -0.1) is 0 Å². The third-order valence-electron chi connectivity index (χ3n) is 1.97. The first-order chi connectivity index (χ1) is 6.84. The zero-order chi connectivity index (χ0) is 9.54. The van der Waals surface area contributed by atoms with Crippen molar-refractivity contribution < 1.29 is 23.7 Å². The average molecular weight is 190 g/mol. The summed E-state index contributed by atoms with van der Waals surface area (Å²) in [5, 5.41) is 1.76. The smallest absolute Gasteiger partial charge is 0.260 e. The maximum atomic E-state index is 10.9. The normalized spacial score (nSPS) is 12.7. The van der Waals surface area contributed by atoms with Gasteiger partial charge in [-0.25, -0.2) is 9.79 Å². The summed E-state index contributed by atoms with van der Waals surface area (Å²) >= 11 is 0. The molecule has 6 heteroatoms. The summed E-state index contributed by atoms with van der Waals surface area (Å²) < 4.78 is 0. The van der Waals surface area contributed by atoms with Crippen LogP contribution >= 0.6 is 0 Å². The molecule has 0 saturated heterocycles. The van der Waals surface area contributed by atoms with Crippen molar-refractivity contribution in [3.05, 3.63) is 35.4 Å². The van der Waals surface area contributed by atoms with Gasteiger partial charge in [0.05, 0.1) is 0 Å². The van der Waals surface area contributed by atoms with Gasteiger partial charge in [-0.1, -0.05) is 5.39 Å². The fourth-order valence-electron chi connectivity index (χ4n) is 1.38. The minimum atomic E-state index is -0.498. The van der Waals surface area contributed by atoms with E-state index in [1.54, 1.807) is 12.3 Å². The number of rotatable bonds is 0. The average Bonchev–Trinajstić information content (AvgIpc) is 2.59. The zero-order valence-electron chi connectivity index (χ0n) is 7.93. The topological polar surface area (TPSA) is 67.6 Å². The molecule has 1 aromatic carbocycles. The van der Waals surface area contributed by atoms with E-state index in [1.807, 2.05) is 0 Å². The summed E-state index contributed by atoms with van der Waals surface area (Å²) in [5.74, 6) is 0. The van der Waals surface area contributed by atoms with Crippen LogP contribution in [0.4, 0.5) is 4.79 Å². The second kappa shape index (κ2) is 3.53. The number of carbonyl (C=O) groups is 1. The summed E-state index contributed by atoms with van der Waals surface area (Å²) in [7, 11) is 0. The van der Waals surface area contributed by atoms with Crippen LogP contribution in [0.5, 0.6) is 0 Å². The van der Waals surface area contributed by atoms with Gasteiger partial charge in [0.2, 0.25) is 0 Å². The Kier molecular flexibility index (Phi) is 2.35. The first-order valence-corrected chi connectivity index (χ1v) is 3.96. The van der Waals surface area contributed by atoms with Crippen molar-refractivity contribution >= 4 is 16.9 Å². The van der Waals surface area contributed by atoms with Crippen LogP contribution in [0.1, 0.15) is 0 Å². The maximum absolute atomic E-state index is 10.9. The van der Waals surface area contributed by atoms with Crippen molar-refractivity contribution in [3.63, 3.8) is 0 Å². The summed E-state index contributed by atoms with van der Waals surface area (Å²) in [4.78, 5) is 26.3. The van der Waals surface area contributed by atoms with Crippen molar-refractivity contribution in [1.29, 1.82) is 0 Å². The Morgan fingerprint density at radius 1 is 1.27 bits per heavy atom. The molecule has 0 radical (unpaired) electrons. The van der Waals surface area contributed by atoms with Crippen molar-refractivity contribution in [2.45, 2.75) is 0 Å². The number of nitrogens with zero attached hydrogens (tertiary/aromatic N) is 4. The SMILES string of the molecule is O=C1N=c2[c-]cc3cncnc3c2=N1.[Li+]. The molecule has 0 aliphatic carbocycles. The molecule has 0 spiro atoms. The standard InChI is InChI=1S/C9H3N4O.Li/c14-9-12-6-2-1-5-3-10-4-11-7(5)8(6)13-9;/h1,3-4H;/q-1;+1. The number of carbonyl (C=O) groups excluding carboxylic acids is 1. The molecule has 0 fully saturated rings. The monoisotopic (exact) mass is 190 g/mol. The molecular formula is C9H3LiN4O. The molecule has 0 atom stereocenters. The third-order valence-corrected chi connectivity index (χ3v) is 1.97. The van der Waals surface area contributed by atoms with E-state index in [-0.39, 0.29) is 18.9 Å². The molecule has 0 bridgehead atoms. The Hall–Kier alpha value is -1.57. The molecule has 15 heavy (non-hydrogen) atoms. The molecule has 0 unspecified atom stereocenters. The molecule has 2 aromatic rings. The van der Waals surface area contributed by atoms with E-state index in [0.717, 1.165) is 5.39 Å². The number of aromatic nitrogens is 2. The Morgan fingerprint density at radius 3 is 3.00 bits per heavy atom. The number of hydrogen-bond acceptors (Lipinski definition) is 3. The van der Waals surface area contributed by atoms with Gasteiger partial charge in [-0.05, 0) is 17.1 Å².